The van der Waals surface area contributed by atoms with Gasteiger partial charge in [0.1, 0.15) is 0 Å². The Hall–Kier alpha value is -3.32. The molecule has 0 aliphatic carbocycles. The first kappa shape index (κ1) is 24.8. The van der Waals surface area contributed by atoms with E-state index in [-0.39, 0.29) is 11.6 Å². The number of nitrogens with one attached hydrogen (secondary N) is 2. The fraction of sp³-hybridized carbons (Fsp3) is 0.115. The molecule has 0 aliphatic rings. The second-order valence-corrected chi connectivity index (χ2v) is 9.19. The Morgan fingerprint density at radius 2 is 1.54 bits per heavy atom. The van der Waals surface area contributed by atoms with Crippen LogP contribution in [0.2, 0.25) is 15.1 Å². The summed E-state index contributed by atoms with van der Waals surface area (Å²) in [4.78, 5) is 25.7. The highest BCUT2D eigenvalue weighted by Crippen LogP contribution is 2.33. The lowest BCUT2D eigenvalue weighted by Crippen LogP contribution is -2.43. The van der Waals surface area contributed by atoms with Gasteiger partial charge >= 0.3 is 0 Å². The molecular formula is C26H21Cl3N4O2. The summed E-state index contributed by atoms with van der Waals surface area (Å²) in [5.74, 6) is -1.36. The Balaban J connectivity index is 1.66. The molecule has 0 saturated heterocycles. The maximum absolute atomic E-state index is 13.1. The van der Waals surface area contributed by atoms with Gasteiger partial charge in [-0.05, 0) is 49.7 Å². The Labute approximate surface area is 217 Å². The lowest BCUT2D eigenvalue weighted by atomic mass is 10.0. The topological polar surface area (TPSA) is 76.0 Å². The van der Waals surface area contributed by atoms with Crippen LogP contribution >= 0.6 is 34.8 Å². The van der Waals surface area contributed by atoms with Crippen molar-refractivity contribution in [2.24, 2.45) is 0 Å². The van der Waals surface area contributed by atoms with Crippen LogP contribution in [-0.4, -0.2) is 21.6 Å². The molecule has 35 heavy (non-hydrogen) atoms. The number of amides is 2. The van der Waals surface area contributed by atoms with Crippen LogP contribution in [0.5, 0.6) is 0 Å². The van der Waals surface area contributed by atoms with Gasteiger partial charge in [-0.2, -0.15) is 5.10 Å². The van der Waals surface area contributed by atoms with E-state index in [0.717, 1.165) is 11.1 Å². The second-order valence-electron chi connectivity index (χ2n) is 7.91. The molecule has 4 rings (SSSR count). The van der Waals surface area contributed by atoms with Crippen LogP contribution in [0.15, 0.2) is 72.8 Å². The van der Waals surface area contributed by atoms with Gasteiger partial charge in [-0.25, -0.2) is 4.68 Å². The van der Waals surface area contributed by atoms with E-state index in [1.165, 1.54) is 0 Å². The van der Waals surface area contributed by atoms with E-state index >= 15 is 0 Å². The molecule has 3 aromatic carbocycles. The number of hydrogen-bond donors (Lipinski definition) is 2. The highest BCUT2D eigenvalue weighted by Gasteiger charge is 2.24. The van der Waals surface area contributed by atoms with Crippen LogP contribution in [0.3, 0.4) is 0 Å². The number of benzene rings is 3. The molecule has 0 bridgehead atoms. The first-order valence-corrected chi connectivity index (χ1v) is 11.9. The third-order valence-electron chi connectivity index (χ3n) is 5.58. The average Bonchev–Trinajstić information content (AvgIpc) is 3.19. The van der Waals surface area contributed by atoms with E-state index in [1.54, 1.807) is 48.9 Å². The highest BCUT2D eigenvalue weighted by molar-refractivity contribution is 6.35. The van der Waals surface area contributed by atoms with Crippen LogP contribution in [0.1, 0.15) is 34.5 Å². The van der Waals surface area contributed by atoms with E-state index in [0.29, 0.717) is 32.0 Å². The predicted molar refractivity (Wildman–Crippen MR) is 139 cm³/mol. The monoisotopic (exact) mass is 526 g/mol. The highest BCUT2D eigenvalue weighted by atomic mass is 35.5. The van der Waals surface area contributed by atoms with Gasteiger partial charge in [0, 0.05) is 21.2 Å². The average molecular weight is 528 g/mol. The van der Waals surface area contributed by atoms with Crippen molar-refractivity contribution in [2.45, 2.75) is 19.8 Å². The summed E-state index contributed by atoms with van der Waals surface area (Å²) in [6, 6.07) is 21.5. The van der Waals surface area contributed by atoms with Crippen molar-refractivity contribution in [3.05, 3.63) is 105 Å². The van der Waals surface area contributed by atoms with Gasteiger partial charge in [0.2, 0.25) is 5.91 Å². The number of rotatable bonds is 5. The molecule has 0 aliphatic heterocycles. The van der Waals surface area contributed by atoms with Gasteiger partial charge in [0.05, 0.1) is 22.3 Å². The van der Waals surface area contributed by atoms with Crippen molar-refractivity contribution in [1.82, 2.24) is 20.6 Å². The summed E-state index contributed by atoms with van der Waals surface area (Å²) in [6.07, 6.45) is 0. The number of nitrogens with zero attached hydrogens (tertiary/aromatic N) is 2. The van der Waals surface area contributed by atoms with Crippen molar-refractivity contribution in [3.63, 3.8) is 0 Å². The van der Waals surface area contributed by atoms with Crippen LogP contribution < -0.4 is 10.9 Å². The molecule has 1 unspecified atom stereocenters. The van der Waals surface area contributed by atoms with Gasteiger partial charge in [0.15, 0.2) is 5.69 Å². The zero-order valence-corrected chi connectivity index (χ0v) is 21.1. The zero-order chi connectivity index (χ0) is 25.1. The van der Waals surface area contributed by atoms with Crippen molar-refractivity contribution in [2.75, 3.05) is 0 Å². The van der Waals surface area contributed by atoms with Crippen LogP contribution in [0.25, 0.3) is 16.9 Å². The second kappa shape index (κ2) is 10.5. The van der Waals surface area contributed by atoms with Crippen molar-refractivity contribution >= 4 is 46.6 Å². The summed E-state index contributed by atoms with van der Waals surface area (Å²) >= 11 is 18.6. The van der Waals surface area contributed by atoms with Gasteiger partial charge in [0.25, 0.3) is 5.91 Å². The number of carbonyl (C=O) groups excluding carboxylic acids is 2. The van der Waals surface area contributed by atoms with E-state index < -0.39 is 11.8 Å². The van der Waals surface area contributed by atoms with Gasteiger partial charge < -0.3 is 0 Å². The maximum atomic E-state index is 13.1. The molecule has 2 N–H and O–H groups in total. The van der Waals surface area contributed by atoms with Crippen LogP contribution in [0, 0.1) is 6.92 Å². The van der Waals surface area contributed by atoms with Gasteiger partial charge in [-0.3, -0.25) is 20.4 Å². The standard InChI is InChI=1S/C26H21Cl3N4O2/c1-15(17-6-4-3-5-7-17)25(34)30-31-26(35)23-16(2)24(18-8-10-19(27)11-9-18)33(32-23)22-13-12-20(28)14-21(22)29/h3-15H,1-2H3,(H,30,34)(H,31,35). The Morgan fingerprint density at radius 3 is 2.20 bits per heavy atom. The smallest absolute Gasteiger partial charge is 0.273 e. The minimum Gasteiger partial charge on any atom is -0.273 e. The van der Waals surface area contributed by atoms with Crippen molar-refractivity contribution < 1.29 is 9.59 Å². The molecule has 0 fully saturated rings. The summed E-state index contributed by atoms with van der Waals surface area (Å²) in [7, 11) is 0. The summed E-state index contributed by atoms with van der Waals surface area (Å²) in [5, 5.41) is 5.97. The first-order chi connectivity index (χ1) is 16.8. The zero-order valence-electron chi connectivity index (χ0n) is 18.9. The third-order valence-corrected chi connectivity index (χ3v) is 6.37. The summed E-state index contributed by atoms with van der Waals surface area (Å²) in [5.41, 5.74) is 8.52. The molecule has 0 saturated carbocycles. The fourth-order valence-corrected chi connectivity index (χ4v) is 4.28. The summed E-state index contributed by atoms with van der Waals surface area (Å²) in [6.45, 7) is 3.54. The van der Waals surface area contributed by atoms with Crippen LogP contribution in [0.4, 0.5) is 0 Å². The molecule has 4 aromatic rings. The van der Waals surface area contributed by atoms with Gasteiger partial charge in [-0.1, -0.05) is 77.3 Å². The Kier molecular flexibility index (Phi) is 7.45. The molecular weight excluding hydrogens is 507 g/mol. The third kappa shape index (κ3) is 5.35. The van der Waals surface area contributed by atoms with E-state index in [2.05, 4.69) is 16.0 Å². The number of hydrazine groups is 1. The molecule has 1 atom stereocenters. The Morgan fingerprint density at radius 1 is 0.886 bits per heavy atom. The predicted octanol–water partition coefficient (Wildman–Crippen LogP) is 6.37. The lowest BCUT2D eigenvalue weighted by molar-refractivity contribution is -0.123. The number of hydrogen-bond acceptors (Lipinski definition) is 3. The molecule has 0 radical (unpaired) electrons. The van der Waals surface area contributed by atoms with E-state index in [9.17, 15) is 9.59 Å². The van der Waals surface area contributed by atoms with E-state index in [1.807, 2.05) is 42.5 Å². The number of aromatic nitrogens is 2. The SMILES string of the molecule is Cc1c(C(=O)NNC(=O)C(C)c2ccccc2)nn(-c2ccc(Cl)cc2Cl)c1-c1ccc(Cl)cc1. The molecule has 9 heteroatoms. The minimum atomic E-state index is -0.560. The quantitative estimate of drug-likeness (QED) is 0.296. The molecule has 1 aromatic heterocycles. The van der Waals surface area contributed by atoms with Crippen LogP contribution in [-0.2, 0) is 4.79 Å². The molecule has 1 heterocycles. The largest absolute Gasteiger partial charge is 0.290 e. The molecule has 0 spiro atoms. The number of carbonyl (C=O) groups is 2. The fourth-order valence-electron chi connectivity index (χ4n) is 3.66. The molecule has 6 nitrogen and oxygen atoms in total. The normalized spacial score (nSPS) is 11.7. The Bertz CT molecular complexity index is 1390. The molecule has 178 valence electrons. The summed E-state index contributed by atoms with van der Waals surface area (Å²) < 4.78 is 1.58. The number of halogens is 3. The maximum Gasteiger partial charge on any atom is 0.290 e. The minimum absolute atomic E-state index is 0.133. The van der Waals surface area contributed by atoms with Crippen molar-refractivity contribution in [1.29, 1.82) is 0 Å². The van der Waals surface area contributed by atoms with Crippen molar-refractivity contribution in [3.8, 4) is 16.9 Å². The van der Waals surface area contributed by atoms with E-state index in [4.69, 9.17) is 34.8 Å². The lowest BCUT2D eigenvalue weighted by Gasteiger charge is -2.12. The molecule has 2 amide bonds. The first-order valence-electron chi connectivity index (χ1n) is 10.7. The van der Waals surface area contributed by atoms with Gasteiger partial charge in [-0.15, -0.1) is 0 Å².